The van der Waals surface area contributed by atoms with E-state index in [1.165, 1.54) is 0 Å². The van der Waals surface area contributed by atoms with Crippen LogP contribution >= 0.6 is 24.0 Å². The van der Waals surface area contributed by atoms with Crippen molar-refractivity contribution in [2.75, 3.05) is 13.1 Å². The normalized spacial score (nSPS) is 10.6. The topological polar surface area (TPSA) is 98.3 Å². The van der Waals surface area contributed by atoms with E-state index in [9.17, 15) is 23.7 Å². The summed E-state index contributed by atoms with van der Waals surface area (Å²) < 4.78 is 25.7. The van der Waals surface area contributed by atoms with E-state index in [1.807, 2.05) is 5.32 Å². The first kappa shape index (κ1) is 18.5. The number of carbonyl (C=O) groups is 1. The second-order valence-corrected chi connectivity index (χ2v) is 4.07. The summed E-state index contributed by atoms with van der Waals surface area (Å²) in [6.45, 7) is -1.84. The molecule has 0 aliphatic rings. The van der Waals surface area contributed by atoms with Gasteiger partial charge in [-0.25, -0.2) is 8.78 Å². The Morgan fingerprint density at radius 3 is 2.55 bits per heavy atom. The molecule has 1 rings (SSSR count). The lowest BCUT2D eigenvalue weighted by atomic mass is 10.2. The van der Waals surface area contributed by atoms with Crippen molar-refractivity contribution < 1.29 is 18.5 Å². The number of amides is 1. The molecule has 0 heterocycles. The fourth-order valence-electron chi connectivity index (χ4n) is 1.18. The van der Waals surface area contributed by atoms with Crippen molar-refractivity contribution in [2.45, 2.75) is 5.92 Å². The Kier molecular flexibility index (Phi) is 6.77. The molecule has 10 heteroatoms. The molecule has 20 heavy (non-hydrogen) atoms. The van der Waals surface area contributed by atoms with Crippen molar-refractivity contribution in [2.24, 2.45) is 5.73 Å². The molecule has 6 nitrogen and oxygen atoms in total. The largest absolute Gasteiger partial charge is 0.346 e. The average Bonchev–Trinajstić information content (AvgIpc) is 2.36. The standard InChI is InChI=1S/C10H10ClF2N3O3.ClH/c11-8-3-6(16(18)19)1-2-7(8)9(17)15-5-10(12,13)4-14;/h1-3H,4-5,14H2,(H,15,17);1H. The van der Waals surface area contributed by atoms with Crippen molar-refractivity contribution in [1.82, 2.24) is 5.32 Å². The molecule has 0 aliphatic heterocycles. The van der Waals surface area contributed by atoms with Crippen molar-refractivity contribution >= 4 is 35.6 Å². The van der Waals surface area contributed by atoms with E-state index in [4.69, 9.17) is 17.3 Å². The number of rotatable bonds is 5. The van der Waals surface area contributed by atoms with Crippen LogP contribution in [-0.4, -0.2) is 29.8 Å². The Morgan fingerprint density at radius 1 is 1.50 bits per heavy atom. The monoisotopic (exact) mass is 329 g/mol. The van der Waals surface area contributed by atoms with Crippen molar-refractivity contribution in [3.05, 3.63) is 38.9 Å². The number of carbonyl (C=O) groups excluding carboxylic acids is 1. The summed E-state index contributed by atoms with van der Waals surface area (Å²) in [6.07, 6.45) is 0. The minimum Gasteiger partial charge on any atom is -0.346 e. The number of halogens is 4. The van der Waals surface area contributed by atoms with Gasteiger partial charge in [-0.3, -0.25) is 14.9 Å². The minimum atomic E-state index is -3.22. The van der Waals surface area contributed by atoms with Gasteiger partial charge in [0.1, 0.15) is 0 Å². The molecule has 0 saturated heterocycles. The van der Waals surface area contributed by atoms with Crippen LogP contribution in [0.4, 0.5) is 14.5 Å². The van der Waals surface area contributed by atoms with Crippen LogP contribution < -0.4 is 11.1 Å². The van der Waals surface area contributed by atoms with E-state index < -0.39 is 29.8 Å². The number of nitrogens with one attached hydrogen (secondary N) is 1. The minimum absolute atomic E-state index is 0. The van der Waals surface area contributed by atoms with Gasteiger partial charge < -0.3 is 11.1 Å². The SMILES string of the molecule is Cl.NCC(F)(F)CNC(=O)c1ccc([N+](=O)[O-])cc1Cl. The molecule has 3 N–H and O–H groups in total. The number of nitro groups is 1. The van der Waals surface area contributed by atoms with Crippen LogP contribution in [0.2, 0.25) is 5.02 Å². The van der Waals surface area contributed by atoms with Gasteiger partial charge in [0.2, 0.25) is 0 Å². The molecule has 1 aromatic carbocycles. The lowest BCUT2D eigenvalue weighted by molar-refractivity contribution is -0.384. The van der Waals surface area contributed by atoms with Gasteiger partial charge in [-0.1, -0.05) is 11.6 Å². The fourth-order valence-corrected chi connectivity index (χ4v) is 1.44. The number of hydrogen-bond acceptors (Lipinski definition) is 4. The summed E-state index contributed by atoms with van der Waals surface area (Å²) in [4.78, 5) is 21.3. The van der Waals surface area contributed by atoms with Gasteiger partial charge >= 0.3 is 0 Å². The fraction of sp³-hybridized carbons (Fsp3) is 0.300. The van der Waals surface area contributed by atoms with E-state index in [2.05, 4.69) is 0 Å². The molecule has 1 amide bonds. The molecule has 0 atom stereocenters. The Morgan fingerprint density at radius 2 is 2.10 bits per heavy atom. The predicted molar refractivity (Wildman–Crippen MR) is 71.7 cm³/mol. The molecule has 112 valence electrons. The lowest BCUT2D eigenvalue weighted by Gasteiger charge is -2.14. The smallest absolute Gasteiger partial charge is 0.277 e. The Labute approximate surface area is 123 Å². The molecule has 0 aromatic heterocycles. The third kappa shape index (κ3) is 4.87. The third-order valence-electron chi connectivity index (χ3n) is 2.21. The number of non-ortho nitro benzene ring substituents is 1. The predicted octanol–water partition coefficient (Wildman–Crippen LogP) is 1.99. The number of nitro benzene ring substituents is 1. The summed E-state index contributed by atoms with van der Waals surface area (Å²) in [7, 11) is 0. The highest BCUT2D eigenvalue weighted by atomic mass is 35.5. The highest BCUT2D eigenvalue weighted by Gasteiger charge is 2.27. The molecule has 0 bridgehead atoms. The maximum Gasteiger partial charge on any atom is 0.277 e. The second kappa shape index (κ2) is 7.32. The van der Waals surface area contributed by atoms with Crippen LogP contribution in [0.15, 0.2) is 18.2 Å². The number of nitrogens with zero attached hydrogens (tertiary/aromatic N) is 1. The highest BCUT2D eigenvalue weighted by molar-refractivity contribution is 6.34. The van der Waals surface area contributed by atoms with Crippen LogP contribution in [0, 0.1) is 10.1 Å². The molecule has 0 unspecified atom stereocenters. The van der Waals surface area contributed by atoms with E-state index in [1.54, 1.807) is 0 Å². The van der Waals surface area contributed by atoms with Crippen LogP contribution in [0.5, 0.6) is 0 Å². The van der Waals surface area contributed by atoms with E-state index in [0.29, 0.717) is 0 Å². The van der Waals surface area contributed by atoms with Gasteiger partial charge in [-0.05, 0) is 6.07 Å². The Balaban J connectivity index is 0.00000361. The molecule has 0 saturated carbocycles. The number of alkyl halides is 2. The molecular weight excluding hydrogens is 319 g/mol. The van der Waals surface area contributed by atoms with Gasteiger partial charge in [0, 0.05) is 12.1 Å². The third-order valence-corrected chi connectivity index (χ3v) is 2.53. The van der Waals surface area contributed by atoms with Crippen LogP contribution in [0.25, 0.3) is 0 Å². The summed E-state index contributed by atoms with van der Waals surface area (Å²) in [6, 6.07) is 3.12. The van der Waals surface area contributed by atoms with Crippen LogP contribution in [0.3, 0.4) is 0 Å². The number of nitrogens with two attached hydrogens (primary N) is 1. The highest BCUT2D eigenvalue weighted by Crippen LogP contribution is 2.22. The zero-order valence-electron chi connectivity index (χ0n) is 9.94. The summed E-state index contributed by atoms with van der Waals surface area (Å²) in [5.74, 6) is -4.07. The number of hydrogen-bond donors (Lipinski definition) is 2. The maximum absolute atomic E-state index is 12.8. The van der Waals surface area contributed by atoms with Crippen LogP contribution in [-0.2, 0) is 0 Å². The molecule has 0 spiro atoms. The van der Waals surface area contributed by atoms with E-state index in [-0.39, 0.29) is 28.7 Å². The first-order valence-electron chi connectivity index (χ1n) is 5.07. The zero-order chi connectivity index (χ0) is 14.6. The van der Waals surface area contributed by atoms with Crippen molar-refractivity contribution in [3.63, 3.8) is 0 Å². The van der Waals surface area contributed by atoms with E-state index in [0.717, 1.165) is 18.2 Å². The van der Waals surface area contributed by atoms with Crippen LogP contribution in [0.1, 0.15) is 10.4 Å². The molecule has 0 aliphatic carbocycles. The average molecular weight is 330 g/mol. The molecule has 0 fully saturated rings. The summed E-state index contributed by atoms with van der Waals surface area (Å²) in [5, 5.41) is 12.2. The zero-order valence-corrected chi connectivity index (χ0v) is 11.5. The van der Waals surface area contributed by atoms with Gasteiger partial charge in [0.15, 0.2) is 0 Å². The van der Waals surface area contributed by atoms with Gasteiger partial charge in [0.25, 0.3) is 17.5 Å². The van der Waals surface area contributed by atoms with Gasteiger partial charge in [0.05, 0.1) is 28.6 Å². The first-order chi connectivity index (χ1) is 8.76. The van der Waals surface area contributed by atoms with Crippen molar-refractivity contribution in [3.8, 4) is 0 Å². The molecule has 0 radical (unpaired) electrons. The second-order valence-electron chi connectivity index (χ2n) is 3.66. The Bertz CT molecular complexity index is 515. The summed E-state index contributed by atoms with van der Waals surface area (Å²) in [5.41, 5.74) is 4.39. The van der Waals surface area contributed by atoms with E-state index >= 15 is 0 Å². The first-order valence-corrected chi connectivity index (χ1v) is 5.44. The van der Waals surface area contributed by atoms with Gasteiger partial charge in [-0.2, -0.15) is 0 Å². The molecular formula is C10H11Cl2F2N3O3. The maximum atomic E-state index is 12.8. The lowest BCUT2D eigenvalue weighted by Crippen LogP contribution is -2.41. The summed E-state index contributed by atoms with van der Waals surface area (Å²) >= 11 is 5.67. The quantitative estimate of drug-likeness (QED) is 0.637. The Hall–Kier alpha value is -1.51. The van der Waals surface area contributed by atoms with Gasteiger partial charge in [-0.15, -0.1) is 12.4 Å². The molecule has 1 aromatic rings. The van der Waals surface area contributed by atoms with Crippen molar-refractivity contribution in [1.29, 1.82) is 0 Å². The number of benzene rings is 1.